The summed E-state index contributed by atoms with van der Waals surface area (Å²) in [4.78, 5) is 10.0. The van der Waals surface area contributed by atoms with Crippen molar-refractivity contribution in [3.63, 3.8) is 0 Å². The standard InChI is InChI=1S/C10H13N3O5S/c1-7(11-14)9-5-4-8(6-10(9)13(15)16)19(17,18)12(2)3/h4-6,14H,1-3H3/b11-7-. The first-order valence-electron chi connectivity index (χ1n) is 5.11. The van der Waals surface area contributed by atoms with Gasteiger partial charge in [0.05, 0.1) is 21.1 Å². The molecule has 1 rings (SSSR count). The van der Waals surface area contributed by atoms with Crippen LogP contribution in [0.4, 0.5) is 5.69 Å². The zero-order valence-electron chi connectivity index (χ0n) is 10.6. The van der Waals surface area contributed by atoms with Crippen molar-refractivity contribution in [2.75, 3.05) is 14.1 Å². The van der Waals surface area contributed by atoms with Crippen LogP contribution in [0.5, 0.6) is 0 Å². The topological polar surface area (TPSA) is 113 Å². The summed E-state index contributed by atoms with van der Waals surface area (Å²) in [7, 11) is -1.10. The average molecular weight is 287 g/mol. The van der Waals surface area contributed by atoms with Gasteiger partial charge in [0.25, 0.3) is 5.69 Å². The molecular weight excluding hydrogens is 274 g/mol. The fourth-order valence-electron chi connectivity index (χ4n) is 1.39. The third-order valence-electron chi connectivity index (χ3n) is 2.48. The molecular formula is C10H13N3O5S. The minimum absolute atomic E-state index is 0.0282. The van der Waals surface area contributed by atoms with Crippen LogP contribution in [0.25, 0.3) is 0 Å². The van der Waals surface area contributed by atoms with E-state index in [1.54, 1.807) is 0 Å². The Labute approximate surface area is 110 Å². The number of benzene rings is 1. The molecule has 0 radical (unpaired) electrons. The molecule has 0 aliphatic rings. The molecule has 0 aliphatic heterocycles. The van der Waals surface area contributed by atoms with Crippen LogP contribution in [0.15, 0.2) is 28.3 Å². The summed E-state index contributed by atoms with van der Waals surface area (Å²) in [5, 5.41) is 22.5. The fraction of sp³-hybridized carbons (Fsp3) is 0.300. The zero-order valence-corrected chi connectivity index (χ0v) is 11.4. The molecule has 0 atom stereocenters. The van der Waals surface area contributed by atoms with E-state index < -0.39 is 20.6 Å². The molecule has 0 fully saturated rings. The second-order valence-electron chi connectivity index (χ2n) is 3.91. The summed E-state index contributed by atoms with van der Waals surface area (Å²) in [5.74, 6) is 0. The average Bonchev–Trinajstić information content (AvgIpc) is 2.36. The second-order valence-corrected chi connectivity index (χ2v) is 6.06. The van der Waals surface area contributed by atoms with E-state index in [0.717, 1.165) is 10.4 Å². The largest absolute Gasteiger partial charge is 0.411 e. The number of nitro benzene ring substituents is 1. The molecule has 1 aromatic rings. The van der Waals surface area contributed by atoms with Crippen molar-refractivity contribution in [2.45, 2.75) is 11.8 Å². The molecule has 0 saturated heterocycles. The van der Waals surface area contributed by atoms with E-state index in [0.29, 0.717) is 0 Å². The van der Waals surface area contributed by atoms with E-state index >= 15 is 0 Å². The van der Waals surface area contributed by atoms with E-state index in [1.807, 2.05) is 0 Å². The Morgan fingerprint density at radius 2 is 2.00 bits per heavy atom. The van der Waals surface area contributed by atoms with Crippen LogP contribution >= 0.6 is 0 Å². The molecule has 0 aromatic heterocycles. The molecule has 0 aliphatic carbocycles. The van der Waals surface area contributed by atoms with Gasteiger partial charge in [-0.1, -0.05) is 5.16 Å². The molecule has 0 amide bonds. The van der Waals surface area contributed by atoms with Crippen LogP contribution in [0.3, 0.4) is 0 Å². The molecule has 0 bridgehead atoms. The van der Waals surface area contributed by atoms with Gasteiger partial charge in [-0.2, -0.15) is 0 Å². The summed E-state index contributed by atoms with van der Waals surface area (Å²) in [5.41, 5.74) is -0.344. The number of oxime groups is 1. The van der Waals surface area contributed by atoms with Crippen LogP contribution in [0, 0.1) is 10.1 Å². The Bertz CT molecular complexity index is 637. The third kappa shape index (κ3) is 2.88. The van der Waals surface area contributed by atoms with Crippen molar-refractivity contribution in [2.24, 2.45) is 5.16 Å². The monoisotopic (exact) mass is 287 g/mol. The first-order valence-corrected chi connectivity index (χ1v) is 6.55. The van der Waals surface area contributed by atoms with Crippen LogP contribution < -0.4 is 0 Å². The maximum Gasteiger partial charge on any atom is 0.279 e. The lowest BCUT2D eigenvalue weighted by atomic mass is 10.1. The first-order chi connectivity index (χ1) is 8.71. The van der Waals surface area contributed by atoms with Crippen LogP contribution in [-0.2, 0) is 10.0 Å². The number of hydrogen-bond acceptors (Lipinski definition) is 6. The summed E-state index contributed by atoms with van der Waals surface area (Å²) in [6.45, 7) is 1.38. The highest BCUT2D eigenvalue weighted by Gasteiger charge is 2.24. The molecule has 0 saturated carbocycles. The van der Waals surface area contributed by atoms with Crippen molar-refractivity contribution in [3.8, 4) is 0 Å². The first kappa shape index (κ1) is 15.1. The molecule has 0 heterocycles. The normalized spacial score (nSPS) is 12.7. The van der Waals surface area contributed by atoms with E-state index in [2.05, 4.69) is 5.16 Å². The molecule has 9 heteroatoms. The van der Waals surface area contributed by atoms with Gasteiger partial charge in [0.15, 0.2) is 0 Å². The fourth-order valence-corrected chi connectivity index (χ4v) is 2.32. The molecule has 19 heavy (non-hydrogen) atoms. The van der Waals surface area contributed by atoms with Crippen LogP contribution in [0.1, 0.15) is 12.5 Å². The van der Waals surface area contributed by atoms with Gasteiger partial charge < -0.3 is 5.21 Å². The lowest BCUT2D eigenvalue weighted by Crippen LogP contribution is -2.22. The summed E-state index contributed by atoms with van der Waals surface area (Å²) in [6.07, 6.45) is 0. The van der Waals surface area contributed by atoms with Crippen LogP contribution in [0.2, 0.25) is 0 Å². The Balaban J connectivity index is 3.54. The molecule has 1 N–H and O–H groups in total. The van der Waals surface area contributed by atoms with Crippen molar-refractivity contribution >= 4 is 21.4 Å². The molecule has 104 valence electrons. The number of rotatable bonds is 4. The lowest BCUT2D eigenvalue weighted by molar-refractivity contribution is -0.385. The molecule has 0 spiro atoms. The lowest BCUT2D eigenvalue weighted by Gasteiger charge is -2.11. The minimum Gasteiger partial charge on any atom is -0.411 e. The van der Waals surface area contributed by atoms with E-state index in [4.69, 9.17) is 5.21 Å². The Kier molecular flexibility index (Phi) is 4.22. The highest BCUT2D eigenvalue weighted by atomic mass is 32.2. The van der Waals surface area contributed by atoms with E-state index in [1.165, 1.54) is 33.2 Å². The smallest absolute Gasteiger partial charge is 0.279 e. The highest BCUT2D eigenvalue weighted by molar-refractivity contribution is 7.89. The van der Waals surface area contributed by atoms with Gasteiger partial charge in [-0.05, 0) is 19.1 Å². The minimum atomic E-state index is -3.76. The van der Waals surface area contributed by atoms with Gasteiger partial charge in [0, 0.05) is 20.2 Å². The number of nitro groups is 1. The van der Waals surface area contributed by atoms with Crippen molar-refractivity contribution in [1.29, 1.82) is 0 Å². The van der Waals surface area contributed by atoms with E-state index in [9.17, 15) is 18.5 Å². The van der Waals surface area contributed by atoms with Crippen LogP contribution in [-0.4, -0.2) is 42.7 Å². The molecule has 0 unspecified atom stereocenters. The number of sulfonamides is 1. The van der Waals surface area contributed by atoms with E-state index in [-0.39, 0.29) is 16.2 Å². The number of hydrogen-bond donors (Lipinski definition) is 1. The predicted molar refractivity (Wildman–Crippen MR) is 68.0 cm³/mol. The van der Waals surface area contributed by atoms with Gasteiger partial charge in [0.1, 0.15) is 0 Å². The predicted octanol–water partition coefficient (Wildman–Crippen LogP) is 1.04. The summed E-state index contributed by atoms with van der Waals surface area (Å²) < 4.78 is 24.7. The Morgan fingerprint density at radius 3 is 2.42 bits per heavy atom. The van der Waals surface area contributed by atoms with Crippen molar-refractivity contribution in [1.82, 2.24) is 4.31 Å². The van der Waals surface area contributed by atoms with Gasteiger partial charge in [-0.25, -0.2) is 12.7 Å². The number of nitrogens with zero attached hydrogens (tertiary/aromatic N) is 3. The van der Waals surface area contributed by atoms with Gasteiger partial charge >= 0.3 is 0 Å². The maximum atomic E-state index is 11.9. The van der Waals surface area contributed by atoms with Gasteiger partial charge in [0.2, 0.25) is 10.0 Å². The zero-order chi connectivity index (χ0) is 14.8. The summed E-state index contributed by atoms with van der Waals surface area (Å²) in [6, 6.07) is 3.41. The highest BCUT2D eigenvalue weighted by Crippen LogP contribution is 2.24. The quantitative estimate of drug-likeness (QED) is 0.385. The summed E-state index contributed by atoms with van der Waals surface area (Å²) >= 11 is 0. The van der Waals surface area contributed by atoms with Gasteiger partial charge in [-0.15, -0.1) is 0 Å². The van der Waals surface area contributed by atoms with Crippen molar-refractivity contribution < 1.29 is 18.5 Å². The second kappa shape index (κ2) is 5.33. The van der Waals surface area contributed by atoms with Crippen molar-refractivity contribution in [3.05, 3.63) is 33.9 Å². The Hall–Kier alpha value is -2.00. The SMILES string of the molecule is C/C(=N/O)c1ccc(S(=O)(=O)N(C)C)cc1[N+](=O)[O-]. The molecule has 8 nitrogen and oxygen atoms in total. The molecule has 1 aromatic carbocycles. The van der Waals surface area contributed by atoms with Gasteiger partial charge in [-0.3, -0.25) is 10.1 Å². The Morgan fingerprint density at radius 1 is 1.42 bits per heavy atom. The third-order valence-corrected chi connectivity index (χ3v) is 4.30. The maximum absolute atomic E-state index is 11.9.